The van der Waals surface area contributed by atoms with Gasteiger partial charge in [-0.05, 0) is 12.1 Å². The minimum absolute atomic E-state index is 0.0298. The van der Waals surface area contributed by atoms with E-state index < -0.39 is 24.4 Å². The first kappa shape index (κ1) is 19.2. The molecule has 0 saturated carbocycles. The summed E-state index contributed by atoms with van der Waals surface area (Å²) in [6, 6.07) is 5.18. The van der Waals surface area contributed by atoms with Gasteiger partial charge in [0.15, 0.2) is 28.9 Å². The van der Waals surface area contributed by atoms with Crippen molar-refractivity contribution in [2.75, 3.05) is 26.5 Å². The van der Waals surface area contributed by atoms with Crippen LogP contribution in [0.15, 0.2) is 46.6 Å². The standard InChI is InChI=1S/C20H21FN10O2/c1-23-10-16(29-22)28-15-9-13(17(31-30-15)20(32)24-2)27-14-8-11(21)7-12(18(14)33-3)19-25-5-4-6-26-19/h4-10H,22H2,1-3H3,(H,24,32)(H2,27,28,29,30)/i2D3. The number of amidine groups is 1. The van der Waals surface area contributed by atoms with Crippen LogP contribution in [0, 0.1) is 5.82 Å². The van der Waals surface area contributed by atoms with Gasteiger partial charge in [-0.25, -0.2) is 25.2 Å². The van der Waals surface area contributed by atoms with Crippen molar-refractivity contribution in [1.82, 2.24) is 30.9 Å². The number of hydrogen-bond acceptors (Lipinski definition) is 10. The van der Waals surface area contributed by atoms with Gasteiger partial charge in [0.25, 0.3) is 5.91 Å². The zero-order valence-electron chi connectivity index (χ0n) is 20.5. The monoisotopic (exact) mass is 455 g/mol. The summed E-state index contributed by atoms with van der Waals surface area (Å²) < 4.78 is 42.0. The van der Waals surface area contributed by atoms with E-state index in [2.05, 4.69) is 40.9 Å². The van der Waals surface area contributed by atoms with Gasteiger partial charge in [-0.15, -0.1) is 10.2 Å². The number of halogens is 1. The van der Waals surface area contributed by atoms with Crippen LogP contribution in [0.4, 0.5) is 21.6 Å². The molecule has 0 aliphatic heterocycles. The lowest BCUT2D eigenvalue weighted by atomic mass is 10.1. The zero-order chi connectivity index (χ0) is 26.3. The molecule has 0 aliphatic rings. The average molecular weight is 455 g/mol. The third-order valence-electron chi connectivity index (χ3n) is 4.08. The quantitative estimate of drug-likeness (QED) is 0.178. The number of anilines is 2. The molecule has 0 atom stereocenters. The molecule has 2 heterocycles. The highest BCUT2D eigenvalue weighted by atomic mass is 19.1. The van der Waals surface area contributed by atoms with Crippen LogP contribution in [0.1, 0.15) is 14.6 Å². The number of nitrogens with two attached hydrogens (primary N) is 1. The predicted molar refractivity (Wildman–Crippen MR) is 122 cm³/mol. The van der Waals surface area contributed by atoms with Crippen molar-refractivity contribution >= 4 is 35.2 Å². The second-order valence-electron chi connectivity index (χ2n) is 6.18. The minimum Gasteiger partial charge on any atom is -0.494 e. The van der Waals surface area contributed by atoms with E-state index >= 15 is 0 Å². The number of nitrogens with one attached hydrogen (secondary N) is 3. The molecule has 170 valence electrons. The van der Waals surface area contributed by atoms with Gasteiger partial charge in [0, 0.05) is 42.7 Å². The van der Waals surface area contributed by atoms with E-state index in [-0.39, 0.29) is 40.2 Å². The van der Waals surface area contributed by atoms with Crippen molar-refractivity contribution in [3.05, 3.63) is 48.2 Å². The lowest BCUT2D eigenvalue weighted by Crippen LogP contribution is -2.31. The molecular weight excluding hydrogens is 431 g/mol. The summed E-state index contributed by atoms with van der Waals surface area (Å²) in [7, 11) is 2.86. The van der Waals surface area contributed by atoms with Gasteiger partial charge >= 0.3 is 0 Å². The van der Waals surface area contributed by atoms with Crippen molar-refractivity contribution < 1.29 is 18.0 Å². The van der Waals surface area contributed by atoms with E-state index in [4.69, 9.17) is 14.7 Å². The molecule has 1 aromatic carbocycles. The second-order valence-corrected chi connectivity index (χ2v) is 6.18. The molecule has 3 aromatic rings. The molecule has 0 fully saturated rings. The highest BCUT2D eigenvalue weighted by molar-refractivity contribution is 6.29. The van der Waals surface area contributed by atoms with Gasteiger partial charge in [-0.1, -0.05) is 0 Å². The lowest BCUT2D eigenvalue weighted by Gasteiger charge is -2.16. The Morgan fingerprint density at radius 3 is 2.70 bits per heavy atom. The summed E-state index contributed by atoms with van der Waals surface area (Å²) >= 11 is 0. The molecule has 12 nitrogen and oxygen atoms in total. The summed E-state index contributed by atoms with van der Waals surface area (Å²) in [6.07, 6.45) is 4.28. The van der Waals surface area contributed by atoms with Gasteiger partial charge in [0.05, 0.1) is 30.3 Å². The maximum Gasteiger partial charge on any atom is 0.273 e. The number of hydrazine groups is 1. The van der Waals surface area contributed by atoms with Crippen molar-refractivity contribution in [2.45, 2.75) is 0 Å². The fourth-order valence-corrected chi connectivity index (χ4v) is 2.76. The van der Waals surface area contributed by atoms with Crippen LogP contribution in [0.2, 0.25) is 0 Å². The van der Waals surface area contributed by atoms with Crippen molar-refractivity contribution in [2.24, 2.45) is 15.8 Å². The third-order valence-corrected chi connectivity index (χ3v) is 4.08. The molecule has 0 aliphatic carbocycles. The van der Waals surface area contributed by atoms with Crippen molar-refractivity contribution in [1.29, 1.82) is 0 Å². The van der Waals surface area contributed by atoms with E-state index in [1.807, 2.05) is 5.32 Å². The maximum atomic E-state index is 14.6. The van der Waals surface area contributed by atoms with Crippen LogP contribution in [-0.4, -0.2) is 59.3 Å². The maximum absolute atomic E-state index is 14.6. The number of nitrogens with zero attached hydrogens (tertiary/aromatic N) is 6. The van der Waals surface area contributed by atoms with Crippen LogP contribution in [0.25, 0.3) is 11.4 Å². The Hall–Kier alpha value is -4.52. The van der Waals surface area contributed by atoms with Gasteiger partial charge in [0.2, 0.25) is 0 Å². The van der Waals surface area contributed by atoms with Crippen LogP contribution >= 0.6 is 0 Å². The minimum atomic E-state index is -2.80. The molecule has 0 unspecified atom stereocenters. The number of aromatic nitrogens is 4. The summed E-state index contributed by atoms with van der Waals surface area (Å²) in [5.74, 6) is 4.11. The first-order chi connectivity index (χ1) is 17.1. The Balaban J connectivity index is 2.16. The van der Waals surface area contributed by atoms with E-state index in [9.17, 15) is 9.18 Å². The van der Waals surface area contributed by atoms with Gasteiger partial charge in [-0.3, -0.25) is 9.79 Å². The van der Waals surface area contributed by atoms with E-state index in [0.717, 1.165) is 6.07 Å². The molecule has 13 heteroatoms. The number of methoxy groups -OCH3 is 1. The first-order valence-corrected chi connectivity index (χ1v) is 9.24. The smallest absolute Gasteiger partial charge is 0.273 e. The van der Waals surface area contributed by atoms with Gasteiger partial charge < -0.3 is 20.8 Å². The molecule has 2 aromatic heterocycles. The summed E-state index contributed by atoms with van der Waals surface area (Å²) in [6.45, 7) is -2.80. The Morgan fingerprint density at radius 2 is 2.03 bits per heavy atom. The van der Waals surface area contributed by atoms with Crippen LogP contribution < -0.4 is 26.6 Å². The number of amides is 1. The summed E-state index contributed by atoms with van der Waals surface area (Å²) in [5, 5.41) is 12.3. The van der Waals surface area contributed by atoms with Crippen LogP contribution in [-0.2, 0) is 0 Å². The fraction of sp³-hybridized carbons (Fsp3) is 0.150. The van der Waals surface area contributed by atoms with Crippen LogP contribution in [0.5, 0.6) is 5.75 Å². The molecule has 3 rings (SSSR count). The Kier molecular flexibility index (Phi) is 6.21. The molecule has 1 amide bonds. The third kappa shape index (κ3) is 5.40. The zero-order valence-corrected chi connectivity index (χ0v) is 17.5. The lowest BCUT2D eigenvalue weighted by molar-refractivity contribution is 0.0958. The molecule has 0 spiro atoms. The Morgan fingerprint density at radius 1 is 1.24 bits per heavy atom. The van der Waals surface area contributed by atoms with Crippen LogP contribution in [0.3, 0.4) is 0 Å². The predicted octanol–water partition coefficient (Wildman–Crippen LogP) is 1.38. The number of hydrogen-bond donors (Lipinski definition) is 4. The summed E-state index contributed by atoms with van der Waals surface area (Å²) in [5.41, 5.74) is 2.15. The first-order valence-electron chi connectivity index (χ1n) is 10.7. The molecular formula is C20H21FN10O2. The van der Waals surface area contributed by atoms with Gasteiger partial charge in [0.1, 0.15) is 5.82 Å². The van der Waals surface area contributed by atoms with E-state index in [1.165, 1.54) is 44.9 Å². The number of carbonyl (C=O) groups excluding carboxylic acids is 1. The number of rotatable bonds is 7. The van der Waals surface area contributed by atoms with Crippen molar-refractivity contribution in [3.63, 3.8) is 0 Å². The summed E-state index contributed by atoms with van der Waals surface area (Å²) in [4.78, 5) is 28.8. The van der Waals surface area contributed by atoms with E-state index in [0.29, 0.717) is 0 Å². The van der Waals surface area contributed by atoms with Gasteiger partial charge in [-0.2, -0.15) is 0 Å². The number of ether oxygens (including phenoxy) is 1. The number of benzene rings is 1. The SMILES string of the molecule is [2H]C([2H])([2H])NC(=O)c1nnc(N=C(C=NC)NN)cc1Nc1cc(F)cc(-c2ncccn2)c1OC. The fourth-order valence-electron chi connectivity index (χ4n) is 2.76. The topological polar surface area (TPSA) is 165 Å². The second kappa shape index (κ2) is 10.7. The average Bonchev–Trinajstić information content (AvgIpc) is 2.83. The van der Waals surface area contributed by atoms with Crippen molar-refractivity contribution in [3.8, 4) is 17.1 Å². The number of aliphatic imine (C=N–C) groups is 2. The molecule has 0 saturated heterocycles. The highest BCUT2D eigenvalue weighted by Crippen LogP contribution is 2.38. The van der Waals surface area contributed by atoms with E-state index in [1.54, 1.807) is 6.07 Å². The molecule has 5 N–H and O–H groups in total. The molecule has 33 heavy (non-hydrogen) atoms. The molecule has 0 bridgehead atoms. The Labute approximate surface area is 192 Å². The Bertz CT molecular complexity index is 1300. The normalized spacial score (nSPS) is 13.1. The number of carbonyl (C=O) groups is 1. The highest BCUT2D eigenvalue weighted by Gasteiger charge is 2.20. The molecule has 0 radical (unpaired) electrons. The largest absolute Gasteiger partial charge is 0.494 e.